The van der Waals surface area contributed by atoms with Crippen molar-refractivity contribution in [1.29, 1.82) is 0 Å². The van der Waals surface area contributed by atoms with Crippen molar-refractivity contribution in [1.82, 2.24) is 0 Å². The highest BCUT2D eigenvalue weighted by atomic mass is 16.5. The van der Waals surface area contributed by atoms with Gasteiger partial charge in [0.25, 0.3) is 0 Å². The van der Waals surface area contributed by atoms with Crippen LogP contribution in [0.5, 0.6) is 0 Å². The minimum atomic E-state index is -1.09. The maximum absolute atomic E-state index is 11.6. The van der Waals surface area contributed by atoms with E-state index in [9.17, 15) is 19.2 Å². The van der Waals surface area contributed by atoms with Gasteiger partial charge in [-0.3, -0.25) is 0 Å². The summed E-state index contributed by atoms with van der Waals surface area (Å²) in [5.41, 5.74) is -1.97. The molecule has 0 amide bonds. The Morgan fingerprint density at radius 2 is 1.47 bits per heavy atom. The molecule has 1 aromatic heterocycles. The summed E-state index contributed by atoms with van der Waals surface area (Å²) in [5, 5.41) is 0. The van der Waals surface area contributed by atoms with Crippen LogP contribution in [0, 0.1) is 0 Å². The van der Waals surface area contributed by atoms with Gasteiger partial charge in [-0.1, -0.05) is 0 Å². The number of ether oxygens (including phenoxy) is 3. The smallest absolute Gasteiger partial charge is 0.375 e. The van der Waals surface area contributed by atoms with Gasteiger partial charge in [0.1, 0.15) is 5.56 Å². The van der Waals surface area contributed by atoms with Gasteiger partial charge in [0, 0.05) is 6.07 Å². The van der Waals surface area contributed by atoms with Gasteiger partial charge in [0.05, 0.1) is 26.9 Å². The van der Waals surface area contributed by atoms with E-state index in [-0.39, 0.29) is 0 Å². The third-order valence-electron chi connectivity index (χ3n) is 2.13. The van der Waals surface area contributed by atoms with Crippen LogP contribution in [0.15, 0.2) is 15.3 Å². The van der Waals surface area contributed by atoms with Crippen LogP contribution in [0.3, 0.4) is 0 Å². The lowest BCUT2D eigenvalue weighted by Crippen LogP contribution is -2.21. The summed E-state index contributed by atoms with van der Waals surface area (Å²) in [6, 6.07) is 0.727. The molecule has 8 heteroatoms. The molecule has 0 unspecified atom stereocenters. The first kappa shape index (κ1) is 14.4. The second-order valence-electron chi connectivity index (χ2n) is 3.16. The monoisotopic (exact) mass is 270 g/mol. The summed E-state index contributed by atoms with van der Waals surface area (Å²) in [7, 11) is 3.11. The lowest BCUT2D eigenvalue weighted by Gasteiger charge is -2.08. The van der Waals surface area contributed by atoms with Crippen LogP contribution in [-0.4, -0.2) is 39.2 Å². The van der Waals surface area contributed by atoms with Crippen LogP contribution < -0.4 is 5.63 Å². The van der Waals surface area contributed by atoms with E-state index in [0.29, 0.717) is 0 Å². The fourth-order valence-electron chi connectivity index (χ4n) is 1.31. The Labute approximate surface area is 106 Å². The van der Waals surface area contributed by atoms with Gasteiger partial charge >= 0.3 is 23.5 Å². The first-order chi connectivity index (χ1) is 8.96. The molecule has 8 nitrogen and oxygen atoms in total. The number of hydrogen-bond acceptors (Lipinski definition) is 8. The SMILES string of the molecule is COC(=O)c1cc(=O)oc(C(=O)OC)c1C(=O)OC. The van der Waals surface area contributed by atoms with E-state index in [4.69, 9.17) is 0 Å². The molecule has 0 aliphatic rings. The number of hydrogen-bond donors (Lipinski definition) is 0. The highest BCUT2D eigenvalue weighted by Crippen LogP contribution is 2.16. The van der Waals surface area contributed by atoms with Crippen molar-refractivity contribution < 1.29 is 33.0 Å². The molecule has 1 heterocycles. The summed E-state index contributed by atoms with van der Waals surface area (Å²) >= 11 is 0. The zero-order valence-electron chi connectivity index (χ0n) is 10.3. The quantitative estimate of drug-likeness (QED) is 0.557. The number of carbonyl (C=O) groups is 3. The molecule has 0 fully saturated rings. The van der Waals surface area contributed by atoms with Crippen molar-refractivity contribution in [3.63, 3.8) is 0 Å². The molecule has 1 rings (SSSR count). The first-order valence-corrected chi connectivity index (χ1v) is 4.89. The minimum absolute atomic E-state index is 0.439. The molecule has 0 N–H and O–H groups in total. The second kappa shape index (κ2) is 5.80. The Kier molecular flexibility index (Phi) is 4.41. The van der Waals surface area contributed by atoms with E-state index < -0.39 is 40.4 Å². The largest absolute Gasteiger partial charge is 0.465 e. The third-order valence-corrected chi connectivity index (χ3v) is 2.13. The number of methoxy groups -OCH3 is 3. The van der Waals surface area contributed by atoms with E-state index in [2.05, 4.69) is 18.6 Å². The van der Waals surface area contributed by atoms with Gasteiger partial charge in [-0.05, 0) is 0 Å². The summed E-state index contributed by atoms with van der Waals surface area (Å²) in [4.78, 5) is 45.9. The maximum atomic E-state index is 11.6. The zero-order valence-corrected chi connectivity index (χ0v) is 10.3. The lowest BCUT2D eigenvalue weighted by molar-refractivity contribution is 0.0505. The maximum Gasteiger partial charge on any atom is 0.375 e. The summed E-state index contributed by atoms with van der Waals surface area (Å²) in [5.74, 6) is -3.84. The molecule has 0 radical (unpaired) electrons. The highest BCUT2D eigenvalue weighted by molar-refractivity contribution is 6.08. The van der Waals surface area contributed by atoms with Crippen molar-refractivity contribution in [3.05, 3.63) is 33.4 Å². The summed E-state index contributed by atoms with van der Waals surface area (Å²) in [6.07, 6.45) is 0. The Hall–Kier alpha value is -2.64. The van der Waals surface area contributed by atoms with E-state index in [0.717, 1.165) is 27.4 Å². The van der Waals surface area contributed by atoms with Gasteiger partial charge in [0.15, 0.2) is 0 Å². The van der Waals surface area contributed by atoms with Crippen molar-refractivity contribution >= 4 is 17.9 Å². The molecule has 0 atom stereocenters. The molecule has 0 saturated heterocycles. The summed E-state index contributed by atoms with van der Waals surface area (Å²) in [6.45, 7) is 0. The topological polar surface area (TPSA) is 109 Å². The van der Waals surface area contributed by atoms with Crippen molar-refractivity contribution in [2.24, 2.45) is 0 Å². The molecule has 0 spiro atoms. The molecular formula is C11H10O8. The third kappa shape index (κ3) is 2.79. The van der Waals surface area contributed by atoms with Crippen LogP contribution >= 0.6 is 0 Å². The van der Waals surface area contributed by atoms with Crippen molar-refractivity contribution in [3.8, 4) is 0 Å². The molecular weight excluding hydrogens is 260 g/mol. The molecule has 1 aromatic rings. The predicted molar refractivity (Wildman–Crippen MR) is 59.0 cm³/mol. The number of esters is 3. The number of rotatable bonds is 3. The second-order valence-corrected chi connectivity index (χ2v) is 3.16. The molecule has 0 aliphatic heterocycles. The van der Waals surface area contributed by atoms with E-state index in [1.807, 2.05) is 0 Å². The molecule has 0 aliphatic carbocycles. The average molecular weight is 270 g/mol. The van der Waals surface area contributed by atoms with Crippen LogP contribution in [-0.2, 0) is 14.2 Å². The predicted octanol–water partition coefficient (Wildman–Crippen LogP) is -0.000400. The Morgan fingerprint density at radius 1 is 0.947 bits per heavy atom. The van der Waals surface area contributed by atoms with Gasteiger partial charge in [-0.25, -0.2) is 19.2 Å². The van der Waals surface area contributed by atoms with Crippen LogP contribution in [0.25, 0.3) is 0 Å². The minimum Gasteiger partial charge on any atom is -0.465 e. The van der Waals surface area contributed by atoms with Gasteiger partial charge < -0.3 is 18.6 Å². The van der Waals surface area contributed by atoms with Crippen molar-refractivity contribution in [2.75, 3.05) is 21.3 Å². The normalized spacial score (nSPS) is 9.63. The fraction of sp³-hybridized carbons (Fsp3) is 0.273. The van der Waals surface area contributed by atoms with Gasteiger partial charge in [-0.2, -0.15) is 0 Å². The highest BCUT2D eigenvalue weighted by Gasteiger charge is 2.29. The van der Waals surface area contributed by atoms with E-state index >= 15 is 0 Å². The molecule has 0 bridgehead atoms. The van der Waals surface area contributed by atoms with Crippen LogP contribution in [0.1, 0.15) is 31.3 Å². The fourth-order valence-corrected chi connectivity index (χ4v) is 1.31. The first-order valence-electron chi connectivity index (χ1n) is 4.89. The molecule has 102 valence electrons. The van der Waals surface area contributed by atoms with Gasteiger partial charge in [0.2, 0.25) is 5.76 Å². The number of carbonyl (C=O) groups excluding carboxylic acids is 3. The van der Waals surface area contributed by atoms with Gasteiger partial charge in [-0.15, -0.1) is 0 Å². The van der Waals surface area contributed by atoms with E-state index in [1.165, 1.54) is 0 Å². The molecule has 0 saturated carbocycles. The van der Waals surface area contributed by atoms with Crippen molar-refractivity contribution in [2.45, 2.75) is 0 Å². The van der Waals surface area contributed by atoms with Crippen LogP contribution in [0.2, 0.25) is 0 Å². The standard InChI is InChI=1S/C11H10O8/c1-16-9(13)5-4-6(12)19-8(11(15)18-3)7(5)10(14)17-2/h4H,1-3H3. The Bertz CT molecular complexity index is 543. The lowest BCUT2D eigenvalue weighted by atomic mass is 10.1. The van der Waals surface area contributed by atoms with Crippen LogP contribution in [0.4, 0.5) is 0 Å². The molecule has 19 heavy (non-hydrogen) atoms. The Morgan fingerprint density at radius 3 is 1.95 bits per heavy atom. The Balaban J connectivity index is 3.67. The molecule has 0 aromatic carbocycles. The van der Waals surface area contributed by atoms with E-state index in [1.54, 1.807) is 0 Å². The average Bonchev–Trinajstić information content (AvgIpc) is 2.43. The summed E-state index contributed by atoms with van der Waals surface area (Å²) < 4.78 is 17.8. The zero-order chi connectivity index (χ0) is 14.6.